The molecule has 1 aromatic heterocycles. The minimum atomic E-state index is -0.206. The van der Waals surface area contributed by atoms with Crippen LogP contribution in [0.4, 0.5) is 17.3 Å². The van der Waals surface area contributed by atoms with Crippen LogP contribution in [0, 0.1) is 0 Å². The molecule has 1 aliphatic rings. The highest BCUT2D eigenvalue weighted by Crippen LogP contribution is 2.33. The van der Waals surface area contributed by atoms with Crippen LogP contribution < -0.4 is 20.7 Å². The van der Waals surface area contributed by atoms with E-state index in [2.05, 4.69) is 25.9 Å². The third kappa shape index (κ3) is 3.80. The second-order valence-electron chi connectivity index (χ2n) is 6.72. The van der Waals surface area contributed by atoms with Gasteiger partial charge >= 0.3 is 0 Å². The largest absolute Gasteiger partial charge is 0.497 e. The van der Waals surface area contributed by atoms with Crippen LogP contribution in [0.15, 0.2) is 48.7 Å². The highest BCUT2D eigenvalue weighted by molar-refractivity contribution is 6.08. The van der Waals surface area contributed by atoms with Crippen molar-refractivity contribution < 1.29 is 14.3 Å². The van der Waals surface area contributed by atoms with Crippen molar-refractivity contribution in [2.24, 2.45) is 0 Å². The molecule has 8 heteroatoms. The van der Waals surface area contributed by atoms with Crippen molar-refractivity contribution in [1.82, 2.24) is 15.3 Å². The molecule has 152 valence electrons. The highest BCUT2D eigenvalue weighted by atomic mass is 16.5. The summed E-state index contributed by atoms with van der Waals surface area (Å²) in [7, 11) is 1.61. The third-order valence-electron chi connectivity index (χ3n) is 4.82. The van der Waals surface area contributed by atoms with Gasteiger partial charge in [0, 0.05) is 36.5 Å². The number of hydrogen-bond acceptors (Lipinski definition) is 6. The van der Waals surface area contributed by atoms with Gasteiger partial charge in [0.15, 0.2) is 0 Å². The molecule has 4 rings (SSSR count). The molecule has 0 aliphatic carbocycles. The SMILES string of the molecule is CCC(=O)Nc1ccc(-c2ccnc(Nc3cccc(OC)c3)n2)c2c1C(=O)NC2. The molecular weight excluding hydrogens is 382 g/mol. The van der Waals surface area contributed by atoms with E-state index >= 15 is 0 Å². The van der Waals surface area contributed by atoms with Crippen LogP contribution >= 0.6 is 0 Å². The maximum absolute atomic E-state index is 12.4. The molecule has 0 bridgehead atoms. The topological polar surface area (TPSA) is 105 Å². The molecule has 2 heterocycles. The molecule has 2 amide bonds. The van der Waals surface area contributed by atoms with Gasteiger partial charge in [0.2, 0.25) is 11.9 Å². The van der Waals surface area contributed by atoms with Gasteiger partial charge in [-0.05, 0) is 29.8 Å². The number of methoxy groups -OCH3 is 1. The predicted molar refractivity (Wildman–Crippen MR) is 114 cm³/mol. The predicted octanol–water partition coefficient (Wildman–Crippen LogP) is 3.49. The number of hydrogen-bond donors (Lipinski definition) is 3. The van der Waals surface area contributed by atoms with Crippen molar-refractivity contribution in [2.45, 2.75) is 19.9 Å². The maximum Gasteiger partial charge on any atom is 0.254 e. The smallest absolute Gasteiger partial charge is 0.254 e. The van der Waals surface area contributed by atoms with Crippen molar-refractivity contribution in [2.75, 3.05) is 17.7 Å². The zero-order valence-electron chi connectivity index (χ0n) is 16.7. The Morgan fingerprint density at radius 2 is 2.10 bits per heavy atom. The summed E-state index contributed by atoms with van der Waals surface area (Å²) >= 11 is 0. The highest BCUT2D eigenvalue weighted by Gasteiger charge is 2.27. The molecule has 0 saturated carbocycles. The van der Waals surface area contributed by atoms with E-state index in [1.165, 1.54) is 0 Å². The standard InChI is InChI=1S/C22H21N5O3/c1-3-19(28)26-18-8-7-15(16-12-24-21(29)20(16)18)17-9-10-23-22(27-17)25-13-5-4-6-14(11-13)30-2/h4-11H,3,12H2,1-2H3,(H,24,29)(H,26,28)(H,23,25,27). The fourth-order valence-electron chi connectivity index (χ4n) is 3.33. The summed E-state index contributed by atoms with van der Waals surface area (Å²) < 4.78 is 5.24. The number of rotatable bonds is 6. The van der Waals surface area contributed by atoms with Gasteiger partial charge in [-0.3, -0.25) is 9.59 Å². The lowest BCUT2D eigenvalue weighted by atomic mass is 9.98. The number of benzene rings is 2. The van der Waals surface area contributed by atoms with E-state index in [0.717, 1.165) is 22.6 Å². The number of amides is 2. The number of nitrogens with zero attached hydrogens (tertiary/aromatic N) is 2. The molecule has 0 saturated heterocycles. The maximum atomic E-state index is 12.4. The van der Waals surface area contributed by atoms with Crippen LogP contribution in [-0.4, -0.2) is 28.9 Å². The average molecular weight is 403 g/mol. The lowest BCUT2D eigenvalue weighted by molar-refractivity contribution is -0.115. The third-order valence-corrected chi connectivity index (χ3v) is 4.82. The average Bonchev–Trinajstić information content (AvgIpc) is 3.16. The van der Waals surface area contributed by atoms with Gasteiger partial charge in [0.25, 0.3) is 5.91 Å². The number of aromatic nitrogens is 2. The Kier molecular flexibility index (Phi) is 5.30. The number of carbonyl (C=O) groups is 2. The first-order valence-corrected chi connectivity index (χ1v) is 9.57. The van der Waals surface area contributed by atoms with Crippen molar-refractivity contribution >= 4 is 29.1 Å². The first-order valence-electron chi connectivity index (χ1n) is 9.57. The van der Waals surface area contributed by atoms with E-state index < -0.39 is 0 Å². The van der Waals surface area contributed by atoms with Crippen LogP contribution in [0.2, 0.25) is 0 Å². The fraction of sp³-hybridized carbons (Fsp3) is 0.182. The van der Waals surface area contributed by atoms with E-state index in [4.69, 9.17) is 4.74 Å². The Labute approximate surface area is 173 Å². The van der Waals surface area contributed by atoms with E-state index in [1.54, 1.807) is 32.4 Å². The Hall–Kier alpha value is -3.94. The molecule has 30 heavy (non-hydrogen) atoms. The van der Waals surface area contributed by atoms with E-state index in [0.29, 0.717) is 35.9 Å². The van der Waals surface area contributed by atoms with Gasteiger partial charge in [-0.15, -0.1) is 0 Å². The first-order chi connectivity index (χ1) is 14.6. The second-order valence-corrected chi connectivity index (χ2v) is 6.72. The Bertz CT molecular complexity index is 1130. The van der Waals surface area contributed by atoms with E-state index in [-0.39, 0.29) is 11.8 Å². The van der Waals surface area contributed by atoms with Crippen LogP contribution in [-0.2, 0) is 11.3 Å². The van der Waals surface area contributed by atoms with Crippen LogP contribution in [0.3, 0.4) is 0 Å². The molecule has 0 fully saturated rings. The summed E-state index contributed by atoms with van der Waals surface area (Å²) in [6.45, 7) is 2.14. The summed E-state index contributed by atoms with van der Waals surface area (Å²) in [6, 6.07) is 12.9. The van der Waals surface area contributed by atoms with Gasteiger partial charge in [-0.25, -0.2) is 9.97 Å². The quantitative estimate of drug-likeness (QED) is 0.582. The van der Waals surface area contributed by atoms with Crippen LogP contribution in [0.5, 0.6) is 5.75 Å². The molecular formula is C22H21N5O3. The molecule has 3 aromatic rings. The van der Waals surface area contributed by atoms with Gasteiger partial charge in [0.05, 0.1) is 24.1 Å². The monoisotopic (exact) mass is 403 g/mol. The summed E-state index contributed by atoms with van der Waals surface area (Å²) in [5.41, 5.74) is 4.09. The van der Waals surface area contributed by atoms with Crippen molar-refractivity contribution in [3.05, 3.63) is 59.8 Å². The zero-order valence-corrected chi connectivity index (χ0v) is 16.7. The van der Waals surface area contributed by atoms with Crippen molar-refractivity contribution in [3.63, 3.8) is 0 Å². The van der Waals surface area contributed by atoms with Crippen LogP contribution in [0.25, 0.3) is 11.3 Å². The van der Waals surface area contributed by atoms with Gasteiger partial charge < -0.3 is 20.7 Å². The molecule has 0 radical (unpaired) electrons. The molecule has 3 N–H and O–H groups in total. The molecule has 2 aromatic carbocycles. The number of carbonyl (C=O) groups excluding carboxylic acids is 2. The summed E-state index contributed by atoms with van der Waals surface area (Å²) in [4.78, 5) is 33.1. The molecule has 0 unspecified atom stereocenters. The number of nitrogens with one attached hydrogen (secondary N) is 3. The zero-order chi connectivity index (χ0) is 21.1. The summed E-state index contributed by atoms with van der Waals surface area (Å²) in [6.07, 6.45) is 2.00. The van der Waals surface area contributed by atoms with Gasteiger partial charge in [-0.2, -0.15) is 0 Å². The normalized spacial score (nSPS) is 12.1. The minimum Gasteiger partial charge on any atom is -0.497 e. The molecule has 0 spiro atoms. The Morgan fingerprint density at radius 1 is 1.23 bits per heavy atom. The van der Waals surface area contributed by atoms with Crippen molar-refractivity contribution in [1.29, 1.82) is 0 Å². The number of anilines is 3. The molecule has 8 nitrogen and oxygen atoms in total. The van der Waals surface area contributed by atoms with Crippen molar-refractivity contribution in [3.8, 4) is 17.0 Å². The fourth-order valence-corrected chi connectivity index (χ4v) is 3.33. The second kappa shape index (κ2) is 8.20. The minimum absolute atomic E-state index is 0.142. The first kappa shape index (κ1) is 19.4. The van der Waals surface area contributed by atoms with Crippen LogP contribution in [0.1, 0.15) is 29.3 Å². The lowest BCUT2D eigenvalue weighted by Gasteiger charge is -2.13. The van der Waals surface area contributed by atoms with E-state index in [9.17, 15) is 9.59 Å². The van der Waals surface area contributed by atoms with Gasteiger partial charge in [0.1, 0.15) is 5.75 Å². The number of ether oxygens (including phenoxy) is 1. The van der Waals surface area contributed by atoms with E-state index in [1.807, 2.05) is 30.3 Å². The number of fused-ring (bicyclic) bond motifs is 1. The summed E-state index contributed by atoms with van der Waals surface area (Å²) in [5.74, 6) is 0.803. The van der Waals surface area contributed by atoms with Gasteiger partial charge in [-0.1, -0.05) is 19.1 Å². The molecule has 1 aliphatic heterocycles. The lowest BCUT2D eigenvalue weighted by Crippen LogP contribution is -2.16. The Morgan fingerprint density at radius 3 is 2.90 bits per heavy atom. The Balaban J connectivity index is 1.68. The summed E-state index contributed by atoms with van der Waals surface area (Å²) in [5, 5.41) is 8.80. The molecule has 0 atom stereocenters.